The van der Waals surface area contributed by atoms with Crippen molar-refractivity contribution in [3.8, 4) is 11.5 Å². The Bertz CT molecular complexity index is 1270. The molecule has 0 radical (unpaired) electrons. The number of thiophene rings is 1. The third kappa shape index (κ3) is 6.60. The average molecular weight is 548 g/mol. The van der Waals surface area contributed by atoms with E-state index in [2.05, 4.69) is 15.5 Å². The monoisotopic (exact) mass is 547 g/mol. The lowest BCUT2D eigenvalue weighted by molar-refractivity contribution is -0.113. The van der Waals surface area contributed by atoms with Gasteiger partial charge in [0.15, 0.2) is 11.0 Å². The van der Waals surface area contributed by atoms with Gasteiger partial charge in [-0.2, -0.15) is 0 Å². The summed E-state index contributed by atoms with van der Waals surface area (Å²) >= 11 is 2.25. The molecule has 0 aliphatic carbocycles. The van der Waals surface area contributed by atoms with Crippen molar-refractivity contribution in [2.45, 2.75) is 32.2 Å². The molecule has 2 amide bonds. The van der Waals surface area contributed by atoms with E-state index in [4.69, 9.17) is 14.2 Å². The van der Waals surface area contributed by atoms with Crippen LogP contribution >= 0.6 is 23.1 Å². The van der Waals surface area contributed by atoms with Crippen molar-refractivity contribution in [3.05, 3.63) is 46.1 Å². The number of esters is 1. The van der Waals surface area contributed by atoms with Crippen molar-refractivity contribution in [3.63, 3.8) is 0 Å². The number of nitrogens with zero attached hydrogens (tertiary/aromatic N) is 4. The van der Waals surface area contributed by atoms with E-state index in [-0.39, 0.29) is 34.7 Å². The molecule has 0 saturated heterocycles. The SMILES string of the molecule is CCn1c(COc2ccc(OC)cc2)nnc1SCC(=O)Nc1sc(C(=O)N(C)C)c(C)c1C(=O)OC. The summed E-state index contributed by atoms with van der Waals surface area (Å²) in [5.41, 5.74) is 0.636. The Morgan fingerprint density at radius 2 is 1.78 bits per heavy atom. The van der Waals surface area contributed by atoms with Crippen molar-refractivity contribution in [1.82, 2.24) is 19.7 Å². The molecule has 0 spiro atoms. The number of hydrogen-bond acceptors (Lipinski definition) is 10. The van der Waals surface area contributed by atoms with Gasteiger partial charge in [0.25, 0.3) is 5.91 Å². The number of nitrogens with one attached hydrogen (secondary N) is 1. The maximum atomic E-state index is 12.8. The molecule has 198 valence electrons. The first-order chi connectivity index (χ1) is 17.7. The van der Waals surface area contributed by atoms with Gasteiger partial charge in [-0.3, -0.25) is 9.59 Å². The second kappa shape index (κ2) is 12.6. The normalized spacial score (nSPS) is 10.6. The lowest BCUT2D eigenvalue weighted by Gasteiger charge is -2.09. The number of aromatic nitrogens is 3. The van der Waals surface area contributed by atoms with Gasteiger partial charge in [-0.1, -0.05) is 11.8 Å². The van der Waals surface area contributed by atoms with Crippen LogP contribution in [0.5, 0.6) is 11.5 Å². The molecule has 0 saturated carbocycles. The van der Waals surface area contributed by atoms with E-state index in [1.165, 1.54) is 23.8 Å². The molecule has 37 heavy (non-hydrogen) atoms. The fraction of sp³-hybridized carbons (Fsp3) is 0.375. The molecule has 0 unspecified atom stereocenters. The molecular formula is C24H29N5O6S2. The van der Waals surface area contributed by atoms with E-state index < -0.39 is 5.97 Å². The maximum absolute atomic E-state index is 12.8. The van der Waals surface area contributed by atoms with Crippen molar-refractivity contribution in [2.24, 2.45) is 0 Å². The lowest BCUT2D eigenvalue weighted by Crippen LogP contribution is -2.21. The molecule has 3 aromatic rings. The number of carbonyl (C=O) groups excluding carboxylic acids is 3. The summed E-state index contributed by atoms with van der Waals surface area (Å²) in [7, 11) is 6.09. The Morgan fingerprint density at radius 3 is 2.38 bits per heavy atom. The summed E-state index contributed by atoms with van der Waals surface area (Å²) in [5.74, 6) is 0.797. The number of thioether (sulfide) groups is 1. The van der Waals surface area contributed by atoms with Gasteiger partial charge >= 0.3 is 5.97 Å². The van der Waals surface area contributed by atoms with Gasteiger partial charge in [-0.25, -0.2) is 4.79 Å². The van der Waals surface area contributed by atoms with E-state index in [1.807, 2.05) is 11.5 Å². The van der Waals surface area contributed by atoms with Crippen molar-refractivity contribution < 1.29 is 28.6 Å². The number of anilines is 1. The molecule has 3 rings (SSSR count). The van der Waals surface area contributed by atoms with Gasteiger partial charge in [-0.05, 0) is 43.7 Å². The zero-order valence-electron chi connectivity index (χ0n) is 21.5. The number of methoxy groups -OCH3 is 2. The minimum atomic E-state index is -0.623. The summed E-state index contributed by atoms with van der Waals surface area (Å²) in [6, 6.07) is 7.22. The molecule has 0 fully saturated rings. The molecule has 11 nitrogen and oxygen atoms in total. The molecule has 1 N–H and O–H groups in total. The Kier molecular flexibility index (Phi) is 9.53. The largest absolute Gasteiger partial charge is 0.497 e. The molecule has 1 aromatic carbocycles. The van der Waals surface area contributed by atoms with Crippen LogP contribution in [0.2, 0.25) is 0 Å². The van der Waals surface area contributed by atoms with Crippen LogP contribution in [0.25, 0.3) is 0 Å². The molecule has 2 heterocycles. The fourth-order valence-electron chi connectivity index (χ4n) is 3.32. The van der Waals surface area contributed by atoms with Crippen LogP contribution in [0.1, 0.15) is 38.3 Å². The maximum Gasteiger partial charge on any atom is 0.341 e. The number of benzene rings is 1. The Labute approximate surface area is 223 Å². The van der Waals surface area contributed by atoms with E-state index in [9.17, 15) is 14.4 Å². The number of carbonyl (C=O) groups is 3. The minimum Gasteiger partial charge on any atom is -0.497 e. The van der Waals surface area contributed by atoms with E-state index in [1.54, 1.807) is 52.4 Å². The number of hydrogen-bond donors (Lipinski definition) is 1. The zero-order chi connectivity index (χ0) is 27.1. The zero-order valence-corrected chi connectivity index (χ0v) is 23.1. The van der Waals surface area contributed by atoms with Gasteiger partial charge in [0.05, 0.1) is 30.4 Å². The molecule has 0 bridgehead atoms. The summed E-state index contributed by atoms with van der Waals surface area (Å²) in [6.45, 7) is 4.40. The third-order valence-electron chi connectivity index (χ3n) is 5.26. The highest BCUT2D eigenvalue weighted by molar-refractivity contribution is 7.99. The molecular weight excluding hydrogens is 518 g/mol. The minimum absolute atomic E-state index is 0.0198. The predicted molar refractivity (Wildman–Crippen MR) is 141 cm³/mol. The first-order valence-electron chi connectivity index (χ1n) is 11.2. The molecule has 0 aliphatic rings. The molecule has 0 aliphatic heterocycles. The molecule has 2 aromatic heterocycles. The van der Waals surface area contributed by atoms with Crippen LogP contribution in [0, 0.1) is 6.92 Å². The lowest BCUT2D eigenvalue weighted by atomic mass is 10.1. The first kappa shape index (κ1) is 28.0. The summed E-state index contributed by atoms with van der Waals surface area (Å²) < 4.78 is 17.7. The standard InChI is InChI=1S/C24H29N5O6S2/c1-7-29-17(12-35-16-10-8-15(33-5)9-11-16)26-27-24(29)36-13-18(30)25-21-19(23(32)34-6)14(2)20(37-21)22(31)28(3)4/h8-11H,7,12-13H2,1-6H3,(H,25,30). The smallest absolute Gasteiger partial charge is 0.341 e. The third-order valence-corrected chi connectivity index (χ3v) is 7.42. The van der Waals surface area contributed by atoms with Crippen LogP contribution in [0.15, 0.2) is 29.4 Å². The second-order valence-electron chi connectivity index (χ2n) is 7.90. The van der Waals surface area contributed by atoms with E-state index in [0.29, 0.717) is 33.7 Å². The molecule has 13 heteroatoms. The highest BCUT2D eigenvalue weighted by Gasteiger charge is 2.27. The highest BCUT2D eigenvalue weighted by Crippen LogP contribution is 2.34. The van der Waals surface area contributed by atoms with Gasteiger partial charge in [-0.15, -0.1) is 21.5 Å². The van der Waals surface area contributed by atoms with Gasteiger partial charge < -0.3 is 29.0 Å². The van der Waals surface area contributed by atoms with Crippen LogP contribution in [0.4, 0.5) is 5.00 Å². The summed E-state index contributed by atoms with van der Waals surface area (Å²) in [5, 5.41) is 12.0. The Morgan fingerprint density at radius 1 is 1.11 bits per heavy atom. The predicted octanol–water partition coefficient (Wildman–Crippen LogP) is 3.47. The topological polar surface area (TPSA) is 125 Å². The van der Waals surface area contributed by atoms with Crippen LogP contribution in [-0.4, -0.2) is 71.5 Å². The number of amides is 2. The summed E-state index contributed by atoms with van der Waals surface area (Å²) in [4.78, 5) is 39.4. The quantitative estimate of drug-likeness (QED) is 0.284. The van der Waals surface area contributed by atoms with Crippen LogP contribution in [-0.2, 0) is 22.7 Å². The van der Waals surface area contributed by atoms with E-state index >= 15 is 0 Å². The van der Waals surface area contributed by atoms with Gasteiger partial charge in [0.2, 0.25) is 5.91 Å². The average Bonchev–Trinajstić information content (AvgIpc) is 3.44. The number of ether oxygens (including phenoxy) is 3. The van der Waals surface area contributed by atoms with Gasteiger partial charge in [0.1, 0.15) is 23.1 Å². The number of rotatable bonds is 11. The van der Waals surface area contributed by atoms with Crippen LogP contribution < -0.4 is 14.8 Å². The second-order valence-corrected chi connectivity index (χ2v) is 9.86. The highest BCUT2D eigenvalue weighted by atomic mass is 32.2. The van der Waals surface area contributed by atoms with Crippen LogP contribution in [0.3, 0.4) is 0 Å². The van der Waals surface area contributed by atoms with Crippen molar-refractivity contribution in [1.29, 1.82) is 0 Å². The van der Waals surface area contributed by atoms with Crippen molar-refractivity contribution >= 4 is 45.9 Å². The summed E-state index contributed by atoms with van der Waals surface area (Å²) in [6.07, 6.45) is 0. The van der Waals surface area contributed by atoms with E-state index in [0.717, 1.165) is 17.1 Å². The first-order valence-corrected chi connectivity index (χ1v) is 13.0. The Hall–Kier alpha value is -3.58. The fourth-order valence-corrected chi connectivity index (χ4v) is 5.37. The Balaban J connectivity index is 1.67. The van der Waals surface area contributed by atoms with Gasteiger partial charge in [0, 0.05) is 20.6 Å². The van der Waals surface area contributed by atoms with Crippen molar-refractivity contribution in [2.75, 3.05) is 39.4 Å². The molecule has 0 atom stereocenters.